The highest BCUT2D eigenvalue weighted by molar-refractivity contribution is 5.91. The molecule has 1 amide bonds. The average Bonchev–Trinajstić information content (AvgIpc) is 2.89. The van der Waals surface area contributed by atoms with Gasteiger partial charge in [-0.2, -0.15) is 0 Å². The zero-order valence-electron chi connectivity index (χ0n) is 12.4. The van der Waals surface area contributed by atoms with Crippen LogP contribution in [0.1, 0.15) is 47.0 Å². The summed E-state index contributed by atoms with van der Waals surface area (Å²) < 4.78 is 0. The number of carbonyl (C=O) groups is 2. The molecule has 1 heterocycles. The van der Waals surface area contributed by atoms with Gasteiger partial charge in [-0.15, -0.1) is 0 Å². The van der Waals surface area contributed by atoms with Gasteiger partial charge in [0.15, 0.2) is 0 Å². The maximum atomic E-state index is 12.5. The van der Waals surface area contributed by atoms with E-state index in [4.69, 9.17) is 0 Å². The molecule has 4 heteroatoms. The summed E-state index contributed by atoms with van der Waals surface area (Å²) in [6.45, 7) is 9.79. The fraction of sp³-hybridized carbons (Fsp3) is 0.867. The molecule has 2 unspecified atom stereocenters. The number of carboxylic acid groups (broad SMARTS) is 1. The molecule has 2 rings (SSSR count). The molecule has 0 bridgehead atoms. The Bertz CT molecular complexity index is 400. The lowest BCUT2D eigenvalue weighted by Gasteiger charge is -2.24. The van der Waals surface area contributed by atoms with Gasteiger partial charge in [0, 0.05) is 13.1 Å². The number of amides is 1. The topological polar surface area (TPSA) is 57.6 Å². The fourth-order valence-corrected chi connectivity index (χ4v) is 3.40. The minimum Gasteiger partial charge on any atom is -0.481 e. The molecule has 19 heavy (non-hydrogen) atoms. The van der Waals surface area contributed by atoms with E-state index in [2.05, 4.69) is 13.8 Å². The van der Waals surface area contributed by atoms with Crippen molar-refractivity contribution < 1.29 is 14.7 Å². The molecule has 1 aliphatic heterocycles. The fourth-order valence-electron chi connectivity index (χ4n) is 3.40. The zero-order chi connectivity index (χ0) is 14.4. The average molecular weight is 267 g/mol. The van der Waals surface area contributed by atoms with E-state index in [0.717, 1.165) is 32.4 Å². The maximum absolute atomic E-state index is 12.5. The van der Waals surface area contributed by atoms with E-state index in [9.17, 15) is 14.7 Å². The third-order valence-electron chi connectivity index (χ3n) is 5.01. The van der Waals surface area contributed by atoms with Crippen molar-refractivity contribution in [3.05, 3.63) is 0 Å². The molecule has 1 saturated carbocycles. The van der Waals surface area contributed by atoms with Crippen molar-refractivity contribution in [2.45, 2.75) is 47.0 Å². The quantitative estimate of drug-likeness (QED) is 0.835. The molecule has 1 aliphatic carbocycles. The first-order valence-corrected chi connectivity index (χ1v) is 7.18. The van der Waals surface area contributed by atoms with Crippen LogP contribution in [-0.4, -0.2) is 35.0 Å². The molecule has 2 aliphatic rings. The SMILES string of the molecule is CC1(C)CCCN(C(=O)C2C(C(=O)O)C2(C)C)CC1. The highest BCUT2D eigenvalue weighted by Crippen LogP contribution is 2.59. The first kappa shape index (κ1) is 14.4. The van der Waals surface area contributed by atoms with Crippen molar-refractivity contribution in [1.29, 1.82) is 0 Å². The van der Waals surface area contributed by atoms with Crippen LogP contribution in [0, 0.1) is 22.7 Å². The second kappa shape index (κ2) is 4.50. The van der Waals surface area contributed by atoms with Crippen molar-refractivity contribution in [2.24, 2.45) is 22.7 Å². The monoisotopic (exact) mass is 267 g/mol. The van der Waals surface area contributed by atoms with Gasteiger partial charge in [-0.3, -0.25) is 9.59 Å². The Balaban J connectivity index is 2.03. The second-order valence-electron chi connectivity index (χ2n) is 7.46. The maximum Gasteiger partial charge on any atom is 0.307 e. The molecule has 1 saturated heterocycles. The summed E-state index contributed by atoms with van der Waals surface area (Å²) in [5.74, 6) is -1.61. The molecule has 0 radical (unpaired) electrons. The van der Waals surface area contributed by atoms with Crippen LogP contribution in [0.5, 0.6) is 0 Å². The smallest absolute Gasteiger partial charge is 0.307 e. The lowest BCUT2D eigenvalue weighted by molar-refractivity contribution is -0.142. The summed E-state index contributed by atoms with van der Waals surface area (Å²) in [5.41, 5.74) is -0.0922. The molecule has 0 spiro atoms. The van der Waals surface area contributed by atoms with Gasteiger partial charge in [0.1, 0.15) is 0 Å². The number of aliphatic carboxylic acids is 1. The molecule has 0 aromatic carbocycles. The number of hydrogen-bond acceptors (Lipinski definition) is 2. The summed E-state index contributed by atoms with van der Waals surface area (Å²) in [5, 5.41) is 9.17. The van der Waals surface area contributed by atoms with Crippen molar-refractivity contribution in [2.75, 3.05) is 13.1 Å². The Hall–Kier alpha value is -1.06. The van der Waals surface area contributed by atoms with Gasteiger partial charge >= 0.3 is 5.97 Å². The second-order valence-corrected chi connectivity index (χ2v) is 7.46. The predicted octanol–water partition coefficient (Wildman–Crippen LogP) is 2.38. The van der Waals surface area contributed by atoms with Gasteiger partial charge in [-0.05, 0) is 30.1 Å². The zero-order valence-corrected chi connectivity index (χ0v) is 12.4. The third-order valence-corrected chi connectivity index (χ3v) is 5.01. The number of carboxylic acids is 1. The Labute approximate surface area is 115 Å². The van der Waals surface area contributed by atoms with E-state index in [1.165, 1.54) is 0 Å². The normalized spacial score (nSPS) is 32.5. The van der Waals surface area contributed by atoms with E-state index in [1.54, 1.807) is 0 Å². The van der Waals surface area contributed by atoms with Gasteiger partial charge in [0.05, 0.1) is 11.8 Å². The summed E-state index contributed by atoms with van der Waals surface area (Å²) >= 11 is 0. The van der Waals surface area contributed by atoms with Crippen LogP contribution < -0.4 is 0 Å². The lowest BCUT2D eigenvalue weighted by Crippen LogP contribution is -2.35. The van der Waals surface area contributed by atoms with Gasteiger partial charge in [-0.25, -0.2) is 0 Å². The summed E-state index contributed by atoms with van der Waals surface area (Å²) in [6.07, 6.45) is 3.15. The Kier molecular flexibility index (Phi) is 3.40. The van der Waals surface area contributed by atoms with Crippen LogP contribution in [-0.2, 0) is 9.59 Å². The number of hydrogen-bond donors (Lipinski definition) is 1. The van der Waals surface area contributed by atoms with Crippen LogP contribution in [0.3, 0.4) is 0 Å². The van der Waals surface area contributed by atoms with Crippen molar-refractivity contribution in [3.8, 4) is 0 Å². The van der Waals surface area contributed by atoms with Gasteiger partial charge in [-0.1, -0.05) is 27.7 Å². The first-order valence-electron chi connectivity index (χ1n) is 7.18. The summed E-state index contributed by atoms with van der Waals surface area (Å²) in [7, 11) is 0. The number of likely N-dealkylation sites (tertiary alicyclic amines) is 1. The third kappa shape index (κ3) is 2.63. The van der Waals surface area contributed by atoms with E-state index in [0.29, 0.717) is 5.41 Å². The van der Waals surface area contributed by atoms with E-state index >= 15 is 0 Å². The molecule has 0 aromatic rings. The van der Waals surface area contributed by atoms with Crippen molar-refractivity contribution in [1.82, 2.24) is 4.90 Å². The van der Waals surface area contributed by atoms with Crippen molar-refractivity contribution >= 4 is 11.9 Å². The van der Waals surface area contributed by atoms with Crippen LogP contribution in [0.4, 0.5) is 0 Å². The standard InChI is InChI=1S/C15H25NO3/c1-14(2)6-5-8-16(9-7-14)12(17)10-11(13(18)19)15(10,3)4/h10-11H,5-9H2,1-4H3,(H,18,19). The minimum absolute atomic E-state index is 0.0510. The van der Waals surface area contributed by atoms with E-state index < -0.39 is 11.9 Å². The number of nitrogens with zero attached hydrogens (tertiary/aromatic N) is 1. The first-order chi connectivity index (χ1) is 8.67. The van der Waals surface area contributed by atoms with E-state index in [-0.39, 0.29) is 17.2 Å². The Morgan fingerprint density at radius 3 is 2.21 bits per heavy atom. The van der Waals surface area contributed by atoms with Gasteiger partial charge < -0.3 is 10.0 Å². The number of rotatable bonds is 2. The molecule has 4 nitrogen and oxygen atoms in total. The largest absolute Gasteiger partial charge is 0.481 e. The Morgan fingerprint density at radius 1 is 1.05 bits per heavy atom. The number of carbonyl (C=O) groups excluding carboxylic acids is 1. The molecule has 0 aromatic heterocycles. The Morgan fingerprint density at radius 2 is 1.68 bits per heavy atom. The highest BCUT2D eigenvalue weighted by Gasteiger charge is 2.66. The van der Waals surface area contributed by atoms with E-state index in [1.807, 2.05) is 18.7 Å². The minimum atomic E-state index is -0.835. The van der Waals surface area contributed by atoms with Crippen LogP contribution in [0.2, 0.25) is 0 Å². The summed E-state index contributed by atoms with van der Waals surface area (Å²) in [6, 6.07) is 0. The molecule has 108 valence electrons. The van der Waals surface area contributed by atoms with Gasteiger partial charge in [0.25, 0.3) is 0 Å². The van der Waals surface area contributed by atoms with Crippen LogP contribution >= 0.6 is 0 Å². The van der Waals surface area contributed by atoms with Crippen molar-refractivity contribution in [3.63, 3.8) is 0 Å². The molecular formula is C15H25NO3. The molecule has 1 N–H and O–H groups in total. The molecule has 2 fully saturated rings. The van der Waals surface area contributed by atoms with Crippen LogP contribution in [0.15, 0.2) is 0 Å². The highest BCUT2D eigenvalue weighted by atomic mass is 16.4. The molecule has 2 atom stereocenters. The lowest BCUT2D eigenvalue weighted by atomic mass is 9.85. The van der Waals surface area contributed by atoms with Crippen LogP contribution in [0.25, 0.3) is 0 Å². The molecular weight excluding hydrogens is 242 g/mol. The van der Waals surface area contributed by atoms with Gasteiger partial charge in [0.2, 0.25) is 5.91 Å². The summed E-state index contributed by atoms with van der Waals surface area (Å²) in [4.78, 5) is 25.6. The predicted molar refractivity (Wildman–Crippen MR) is 72.6 cm³/mol.